The molecular formula is C37H35N3O4S. The predicted octanol–water partition coefficient (Wildman–Crippen LogP) is 9.05. The van der Waals surface area contributed by atoms with Gasteiger partial charge in [0.1, 0.15) is 11.1 Å². The van der Waals surface area contributed by atoms with Crippen LogP contribution in [0.4, 0.5) is 0 Å². The van der Waals surface area contributed by atoms with Crippen molar-refractivity contribution in [2.24, 2.45) is 7.05 Å². The lowest BCUT2D eigenvalue weighted by molar-refractivity contribution is -0.138. The summed E-state index contributed by atoms with van der Waals surface area (Å²) in [7, 11) is 1.95. The van der Waals surface area contributed by atoms with Crippen LogP contribution in [0.2, 0.25) is 0 Å². The zero-order valence-corrected chi connectivity index (χ0v) is 27.3. The molecule has 3 heterocycles. The second-order valence-electron chi connectivity index (χ2n) is 12.7. The number of thiazole rings is 1. The van der Waals surface area contributed by atoms with Crippen LogP contribution in [0.25, 0.3) is 53.9 Å². The molecule has 45 heavy (non-hydrogen) atoms. The van der Waals surface area contributed by atoms with Crippen LogP contribution in [0.3, 0.4) is 0 Å². The average Bonchev–Trinajstić information content (AvgIpc) is 3.70. The third-order valence-corrected chi connectivity index (χ3v) is 9.18. The zero-order chi connectivity index (χ0) is 31.6. The van der Waals surface area contributed by atoms with Crippen LogP contribution < -0.4 is 9.47 Å². The van der Waals surface area contributed by atoms with Crippen molar-refractivity contribution < 1.29 is 19.0 Å². The summed E-state index contributed by atoms with van der Waals surface area (Å²) in [5.74, 6) is 1.34. The highest BCUT2D eigenvalue weighted by Gasteiger charge is 2.31. The number of benzene rings is 4. The largest absolute Gasteiger partial charge is 0.451 e. The van der Waals surface area contributed by atoms with Crippen LogP contribution in [-0.4, -0.2) is 32.4 Å². The minimum absolute atomic E-state index is 0.0500. The molecule has 0 saturated carbocycles. The van der Waals surface area contributed by atoms with Gasteiger partial charge in [-0.25, -0.2) is 4.98 Å². The summed E-state index contributed by atoms with van der Waals surface area (Å²) < 4.78 is 21.1. The van der Waals surface area contributed by atoms with E-state index in [0.29, 0.717) is 11.5 Å². The van der Waals surface area contributed by atoms with Gasteiger partial charge in [0, 0.05) is 36.0 Å². The molecule has 8 heteroatoms. The van der Waals surface area contributed by atoms with E-state index < -0.39 is 11.7 Å². The molecule has 0 N–H and O–H groups in total. The lowest BCUT2D eigenvalue weighted by Crippen LogP contribution is -2.27. The maximum absolute atomic E-state index is 13.2. The second kappa shape index (κ2) is 10.8. The second-order valence-corrected chi connectivity index (χ2v) is 13.7. The van der Waals surface area contributed by atoms with Crippen molar-refractivity contribution in [3.63, 3.8) is 0 Å². The molecule has 0 saturated heterocycles. The molecule has 0 amide bonds. The number of ether oxygens (including phenoxy) is 3. The molecule has 4 aromatic carbocycles. The van der Waals surface area contributed by atoms with Gasteiger partial charge in [0.05, 0.1) is 27.5 Å². The first-order valence-corrected chi connectivity index (χ1v) is 15.9. The number of carbonyl (C=O) groups is 1. The van der Waals surface area contributed by atoms with Gasteiger partial charge < -0.3 is 14.2 Å². The lowest BCUT2D eigenvalue weighted by atomic mass is 9.89. The summed E-state index contributed by atoms with van der Waals surface area (Å²) in [6, 6.07) is 22.9. The van der Waals surface area contributed by atoms with E-state index in [9.17, 15) is 4.79 Å². The standard InChI is InChI=1S/C37H35N3O4S/c1-20-15-28-35(45-36(39-28)26-10-8-9-23(16-26)24-11-13-29-27(17-24)19-38-40(29)7)33(32(20)34(21(2)41)44-37(4,5)6)25-12-14-30-31(18-25)43-22(3)42-30/h8-19,22,34H,1-7H3/t22?,34-/m1/s1. The fourth-order valence-corrected chi connectivity index (χ4v) is 7.19. The third kappa shape index (κ3) is 5.38. The predicted molar refractivity (Wildman–Crippen MR) is 180 cm³/mol. The van der Waals surface area contributed by atoms with E-state index in [1.54, 1.807) is 18.3 Å². The molecule has 6 aromatic rings. The molecule has 0 bridgehead atoms. The van der Waals surface area contributed by atoms with Crippen LogP contribution in [-0.2, 0) is 16.6 Å². The van der Waals surface area contributed by atoms with Gasteiger partial charge in [-0.3, -0.25) is 9.48 Å². The Labute approximate surface area is 266 Å². The molecule has 1 aliphatic heterocycles. The van der Waals surface area contributed by atoms with Crippen molar-refractivity contribution in [3.05, 3.63) is 84.1 Å². The number of hydrogen-bond donors (Lipinski definition) is 0. The Morgan fingerprint density at radius 3 is 2.47 bits per heavy atom. The highest BCUT2D eigenvalue weighted by atomic mass is 32.1. The quantitative estimate of drug-likeness (QED) is 0.186. The van der Waals surface area contributed by atoms with Crippen molar-refractivity contribution in [2.45, 2.75) is 59.5 Å². The highest BCUT2D eigenvalue weighted by molar-refractivity contribution is 7.22. The average molecular weight is 618 g/mol. The van der Waals surface area contributed by atoms with Gasteiger partial charge in [0.2, 0.25) is 6.29 Å². The van der Waals surface area contributed by atoms with E-state index in [1.807, 2.05) is 70.7 Å². The van der Waals surface area contributed by atoms with Crippen LogP contribution in [0.1, 0.15) is 51.8 Å². The molecule has 0 spiro atoms. The van der Waals surface area contributed by atoms with E-state index >= 15 is 0 Å². The summed E-state index contributed by atoms with van der Waals surface area (Å²) in [6.45, 7) is 11.4. The number of aromatic nitrogens is 3. The number of aryl methyl sites for hydroxylation is 2. The van der Waals surface area contributed by atoms with Crippen LogP contribution in [0.5, 0.6) is 11.5 Å². The van der Waals surface area contributed by atoms with Crippen LogP contribution in [0, 0.1) is 6.92 Å². The van der Waals surface area contributed by atoms with Crippen LogP contribution >= 0.6 is 11.3 Å². The van der Waals surface area contributed by atoms with Gasteiger partial charge in [0.15, 0.2) is 17.3 Å². The maximum Gasteiger partial charge on any atom is 0.238 e. The Morgan fingerprint density at radius 1 is 0.956 bits per heavy atom. The number of hydrogen-bond acceptors (Lipinski definition) is 7. The van der Waals surface area contributed by atoms with Gasteiger partial charge in [-0.1, -0.05) is 30.3 Å². The summed E-state index contributed by atoms with van der Waals surface area (Å²) in [5.41, 5.74) is 8.35. The molecule has 7 nitrogen and oxygen atoms in total. The molecule has 228 valence electrons. The Balaban J connectivity index is 1.41. The lowest BCUT2D eigenvalue weighted by Gasteiger charge is -2.29. The van der Waals surface area contributed by atoms with E-state index in [1.165, 1.54) is 0 Å². The summed E-state index contributed by atoms with van der Waals surface area (Å²) in [4.78, 5) is 18.4. The van der Waals surface area contributed by atoms with Gasteiger partial charge in [-0.2, -0.15) is 5.10 Å². The molecule has 1 unspecified atom stereocenters. The number of rotatable bonds is 6. The minimum Gasteiger partial charge on any atom is -0.451 e. The number of carbonyl (C=O) groups excluding carboxylic acids is 1. The number of nitrogens with zero attached hydrogens (tertiary/aromatic N) is 3. The van der Waals surface area contributed by atoms with Gasteiger partial charge in [-0.05, 0) is 93.3 Å². The number of fused-ring (bicyclic) bond motifs is 3. The minimum atomic E-state index is -0.745. The van der Waals surface area contributed by atoms with E-state index in [4.69, 9.17) is 19.2 Å². The Kier molecular flexibility index (Phi) is 7.02. The van der Waals surface area contributed by atoms with Gasteiger partial charge in [-0.15, -0.1) is 11.3 Å². The fraction of sp³-hybridized carbons (Fsp3) is 0.270. The van der Waals surface area contributed by atoms with Crippen LogP contribution in [0.15, 0.2) is 72.9 Å². The summed E-state index contributed by atoms with van der Waals surface area (Å²) >= 11 is 1.62. The molecule has 2 aromatic heterocycles. The number of Topliss-reactive ketones (excluding diaryl/α,β-unsaturated/α-hetero) is 1. The highest BCUT2D eigenvalue weighted by Crippen LogP contribution is 2.47. The zero-order valence-electron chi connectivity index (χ0n) is 26.5. The first kappa shape index (κ1) is 29.2. The van der Waals surface area contributed by atoms with Crippen molar-refractivity contribution in [1.82, 2.24) is 14.8 Å². The Hall–Kier alpha value is -4.53. The Morgan fingerprint density at radius 2 is 1.69 bits per heavy atom. The van der Waals surface area contributed by atoms with Gasteiger partial charge in [0.25, 0.3) is 0 Å². The SMILES string of the molecule is CC(=O)[C@@H](OC(C)(C)C)c1c(C)cc2nc(-c3cccc(-c4ccc5c(cnn5C)c4)c3)sc2c1-c1ccc2c(c1)OC(C)O2. The summed E-state index contributed by atoms with van der Waals surface area (Å²) in [6.07, 6.45) is 0.791. The van der Waals surface area contributed by atoms with E-state index in [-0.39, 0.29) is 12.1 Å². The smallest absolute Gasteiger partial charge is 0.238 e. The molecular weight excluding hydrogens is 582 g/mol. The Bertz CT molecular complexity index is 2120. The fourth-order valence-electron chi connectivity index (χ4n) is 6.07. The van der Waals surface area contributed by atoms with Crippen molar-refractivity contribution in [2.75, 3.05) is 0 Å². The first-order valence-electron chi connectivity index (χ1n) is 15.1. The van der Waals surface area contributed by atoms with Gasteiger partial charge >= 0.3 is 0 Å². The molecule has 2 atom stereocenters. The van der Waals surface area contributed by atoms with E-state index in [0.717, 1.165) is 65.1 Å². The topological polar surface area (TPSA) is 75.5 Å². The molecule has 0 fully saturated rings. The van der Waals surface area contributed by atoms with E-state index in [2.05, 4.69) is 53.6 Å². The normalized spacial score (nSPS) is 15.2. The molecule has 0 radical (unpaired) electrons. The molecule has 1 aliphatic rings. The third-order valence-electron chi connectivity index (χ3n) is 8.04. The molecule has 0 aliphatic carbocycles. The summed E-state index contributed by atoms with van der Waals surface area (Å²) in [5, 5.41) is 6.40. The van der Waals surface area contributed by atoms with Crippen molar-refractivity contribution >= 4 is 38.2 Å². The van der Waals surface area contributed by atoms with Crippen molar-refractivity contribution in [3.8, 4) is 44.3 Å². The number of ketones is 1. The molecule has 7 rings (SSSR count). The van der Waals surface area contributed by atoms with Crippen molar-refractivity contribution in [1.29, 1.82) is 0 Å². The monoisotopic (exact) mass is 617 g/mol. The first-order chi connectivity index (χ1) is 21.4. The maximum atomic E-state index is 13.2.